The molecule has 0 bridgehead atoms. The highest BCUT2D eigenvalue weighted by Crippen LogP contribution is 2.22. The molecule has 0 aliphatic heterocycles. The van der Waals surface area contributed by atoms with Crippen molar-refractivity contribution >= 4 is 33.9 Å². The number of nitrogens with zero attached hydrogens (tertiary/aromatic N) is 5. The van der Waals surface area contributed by atoms with Crippen LogP contribution in [0.15, 0.2) is 96.1 Å². The number of carboxylic acids is 1. The van der Waals surface area contributed by atoms with Gasteiger partial charge >= 0.3 is 5.97 Å². The monoisotopic (exact) mass is 564 g/mol. The van der Waals surface area contributed by atoms with E-state index in [0.717, 1.165) is 22.6 Å². The molecular weight excluding hydrogens is 528 g/mol. The van der Waals surface area contributed by atoms with Crippen LogP contribution in [0, 0.1) is 13.5 Å². The second-order valence-corrected chi connectivity index (χ2v) is 9.35. The molecule has 5 rings (SSSR count). The molecule has 216 valence electrons. The van der Waals surface area contributed by atoms with Crippen LogP contribution in [0.2, 0.25) is 0 Å². The van der Waals surface area contributed by atoms with Gasteiger partial charge in [0.1, 0.15) is 0 Å². The van der Waals surface area contributed by atoms with Gasteiger partial charge in [-0.05, 0) is 67.1 Å². The molecule has 0 spiro atoms. The number of benzene rings is 2. The smallest absolute Gasteiger partial charge is 0.337 e. The Bertz CT molecular complexity index is 1700. The maximum atomic E-state index is 12.0. The van der Waals surface area contributed by atoms with Crippen molar-refractivity contribution in [3.8, 4) is 11.3 Å². The van der Waals surface area contributed by atoms with E-state index in [-0.39, 0.29) is 18.5 Å². The predicted molar refractivity (Wildman–Crippen MR) is 172 cm³/mol. The SMILES string of the molecule is C.CN(C)c1ccc(-c2cc3ncccc3c(=O)[nH]2)cc1.Cc1ncccc1C(=O)O.[C-]#[N+]c1ccc(N(C)C)cc1. The summed E-state index contributed by atoms with van der Waals surface area (Å²) >= 11 is 0. The molecule has 0 radical (unpaired) electrons. The van der Waals surface area contributed by atoms with E-state index in [9.17, 15) is 9.59 Å². The number of aromatic nitrogens is 3. The van der Waals surface area contributed by atoms with Gasteiger partial charge in [-0.1, -0.05) is 31.7 Å². The zero-order chi connectivity index (χ0) is 29.9. The Balaban J connectivity index is 0.000000239. The van der Waals surface area contributed by atoms with Crippen LogP contribution < -0.4 is 15.4 Å². The molecule has 2 aromatic carbocycles. The number of aryl methyl sites for hydroxylation is 1. The van der Waals surface area contributed by atoms with Crippen LogP contribution in [0.4, 0.5) is 17.1 Å². The van der Waals surface area contributed by atoms with Gasteiger partial charge in [0.2, 0.25) is 0 Å². The van der Waals surface area contributed by atoms with Crippen molar-refractivity contribution in [3.63, 3.8) is 0 Å². The van der Waals surface area contributed by atoms with E-state index in [1.54, 1.807) is 37.5 Å². The van der Waals surface area contributed by atoms with Crippen LogP contribution >= 0.6 is 0 Å². The van der Waals surface area contributed by atoms with Crippen molar-refractivity contribution in [2.75, 3.05) is 38.0 Å². The van der Waals surface area contributed by atoms with Crippen molar-refractivity contribution in [2.45, 2.75) is 14.4 Å². The van der Waals surface area contributed by atoms with Crippen LogP contribution in [-0.2, 0) is 0 Å². The van der Waals surface area contributed by atoms with Gasteiger partial charge in [-0.2, -0.15) is 0 Å². The van der Waals surface area contributed by atoms with Gasteiger partial charge in [-0.3, -0.25) is 14.8 Å². The maximum absolute atomic E-state index is 12.0. The number of rotatable bonds is 4. The van der Waals surface area contributed by atoms with Crippen molar-refractivity contribution in [2.24, 2.45) is 0 Å². The lowest BCUT2D eigenvalue weighted by Gasteiger charge is -2.12. The number of hydrogen-bond acceptors (Lipinski definition) is 6. The summed E-state index contributed by atoms with van der Waals surface area (Å²) in [6.07, 6.45) is 3.27. The number of nitrogens with one attached hydrogen (secondary N) is 1. The Morgan fingerprint density at radius 2 is 1.40 bits per heavy atom. The fraction of sp³-hybridized carbons (Fsp3) is 0.182. The minimum atomic E-state index is -0.925. The highest BCUT2D eigenvalue weighted by molar-refractivity contribution is 5.88. The molecule has 0 saturated heterocycles. The van der Waals surface area contributed by atoms with E-state index < -0.39 is 5.97 Å². The highest BCUT2D eigenvalue weighted by atomic mass is 16.4. The van der Waals surface area contributed by atoms with E-state index in [2.05, 4.69) is 19.8 Å². The number of hydrogen-bond donors (Lipinski definition) is 2. The van der Waals surface area contributed by atoms with Crippen molar-refractivity contribution in [1.82, 2.24) is 15.0 Å². The number of pyridine rings is 3. The van der Waals surface area contributed by atoms with Gasteiger partial charge < -0.3 is 19.9 Å². The van der Waals surface area contributed by atoms with Gasteiger partial charge in [0, 0.05) is 52.0 Å². The molecule has 0 aliphatic rings. The van der Waals surface area contributed by atoms with Crippen molar-refractivity contribution < 1.29 is 9.90 Å². The van der Waals surface area contributed by atoms with E-state index in [1.165, 1.54) is 6.07 Å². The third-order valence-corrected chi connectivity index (χ3v) is 6.04. The summed E-state index contributed by atoms with van der Waals surface area (Å²) < 4.78 is 0. The molecule has 9 nitrogen and oxygen atoms in total. The van der Waals surface area contributed by atoms with Gasteiger partial charge in [0.15, 0.2) is 5.69 Å². The second-order valence-electron chi connectivity index (χ2n) is 9.35. The van der Waals surface area contributed by atoms with Gasteiger partial charge in [0.25, 0.3) is 5.56 Å². The summed E-state index contributed by atoms with van der Waals surface area (Å²) in [7, 11) is 7.95. The number of carboxylic acid groups (broad SMARTS) is 1. The molecule has 3 aromatic heterocycles. The lowest BCUT2D eigenvalue weighted by atomic mass is 10.1. The summed E-state index contributed by atoms with van der Waals surface area (Å²) in [4.78, 5) is 40.7. The maximum Gasteiger partial charge on any atom is 0.337 e. The molecule has 0 aliphatic carbocycles. The van der Waals surface area contributed by atoms with Gasteiger partial charge in [0.05, 0.1) is 34.4 Å². The Labute approximate surface area is 246 Å². The first-order chi connectivity index (χ1) is 19.6. The summed E-state index contributed by atoms with van der Waals surface area (Å²) in [5, 5.41) is 9.14. The zero-order valence-corrected chi connectivity index (χ0v) is 23.7. The lowest BCUT2D eigenvalue weighted by molar-refractivity contribution is 0.0695. The third-order valence-electron chi connectivity index (χ3n) is 6.04. The number of aromatic amines is 1. The number of anilines is 2. The van der Waals surface area contributed by atoms with Gasteiger partial charge in [-0.15, -0.1) is 0 Å². The Morgan fingerprint density at radius 3 is 1.90 bits per heavy atom. The molecule has 9 heteroatoms. The first-order valence-corrected chi connectivity index (χ1v) is 12.7. The van der Waals surface area contributed by atoms with E-state index in [4.69, 9.17) is 11.7 Å². The molecule has 0 fully saturated rings. The van der Waals surface area contributed by atoms with E-state index >= 15 is 0 Å². The van der Waals surface area contributed by atoms with Crippen molar-refractivity contribution in [1.29, 1.82) is 0 Å². The molecule has 3 heterocycles. The minimum absolute atomic E-state index is 0. The fourth-order valence-electron chi connectivity index (χ4n) is 3.72. The highest BCUT2D eigenvalue weighted by Gasteiger charge is 2.06. The third kappa shape index (κ3) is 8.76. The molecule has 42 heavy (non-hydrogen) atoms. The molecule has 2 N–H and O–H groups in total. The van der Waals surface area contributed by atoms with E-state index in [0.29, 0.717) is 22.3 Å². The standard InChI is InChI=1S/C16H15N3O.C9H10N2.C7H7NO2.CH4/c1-19(2)12-7-5-11(6-8-12)14-10-15-13(16(20)18-14)4-3-9-17-15;1-10-8-4-6-9(7-5-8)11(2)3;1-5-6(7(9)10)3-2-4-8-5;/h3-10H,1-2H3,(H,18,20);4-7H,2-3H3;2-4H,1H3,(H,9,10);1H4. The topological polar surface area (TPSA) is 107 Å². The molecule has 0 amide bonds. The average molecular weight is 565 g/mol. The molecule has 0 atom stereocenters. The molecular formula is C33H36N6O3. The van der Waals surface area contributed by atoms with Crippen LogP contribution in [-0.4, -0.2) is 54.2 Å². The summed E-state index contributed by atoms with van der Waals surface area (Å²) in [5.74, 6) is -0.925. The predicted octanol–water partition coefficient (Wildman–Crippen LogP) is 6.68. The number of carbonyl (C=O) groups is 1. The van der Waals surface area contributed by atoms with Crippen LogP contribution in [0.1, 0.15) is 23.5 Å². The van der Waals surface area contributed by atoms with Crippen LogP contribution in [0.3, 0.4) is 0 Å². The lowest BCUT2D eigenvalue weighted by Crippen LogP contribution is -2.09. The fourth-order valence-corrected chi connectivity index (χ4v) is 3.72. The first kappa shape index (κ1) is 32.7. The Kier molecular flexibility index (Phi) is 11.9. The first-order valence-electron chi connectivity index (χ1n) is 12.7. The Morgan fingerprint density at radius 1 is 0.857 bits per heavy atom. The molecule has 0 saturated carbocycles. The van der Waals surface area contributed by atoms with Gasteiger partial charge in [-0.25, -0.2) is 9.64 Å². The van der Waals surface area contributed by atoms with Crippen LogP contribution in [0.25, 0.3) is 27.0 Å². The Hall–Kier alpha value is -5.49. The average Bonchev–Trinajstić information content (AvgIpc) is 2.98. The number of fused-ring (bicyclic) bond motifs is 1. The number of H-pyrrole nitrogens is 1. The van der Waals surface area contributed by atoms with Crippen molar-refractivity contribution in [3.05, 3.63) is 124 Å². The summed E-state index contributed by atoms with van der Waals surface area (Å²) in [5.41, 5.74) is 6.11. The second kappa shape index (κ2) is 15.3. The summed E-state index contributed by atoms with van der Waals surface area (Å²) in [6.45, 7) is 8.40. The zero-order valence-electron chi connectivity index (χ0n) is 23.7. The minimum Gasteiger partial charge on any atom is -0.478 e. The van der Waals surface area contributed by atoms with E-state index in [1.807, 2.05) is 92.6 Å². The molecule has 5 aromatic rings. The summed E-state index contributed by atoms with van der Waals surface area (Å²) in [6, 6.07) is 24.1. The van der Waals surface area contributed by atoms with Crippen LogP contribution in [0.5, 0.6) is 0 Å². The number of aromatic carboxylic acids is 1. The quantitative estimate of drug-likeness (QED) is 0.234. The largest absolute Gasteiger partial charge is 0.478 e. The molecule has 0 unspecified atom stereocenters. The normalized spacial score (nSPS) is 9.62.